The number of imidazole rings is 1. The van der Waals surface area contributed by atoms with Gasteiger partial charge < -0.3 is 9.88 Å². The molecule has 1 N–H and O–H groups in total. The standard InChI is InChI=1S/C15H26N4/c1-3-18-11-17-10-14(18)15-12(9-16-2)5-4-8-19(15)13-6-7-13/h10-13,15-16H,3-9H2,1-2H3. The van der Waals surface area contributed by atoms with Crippen molar-refractivity contribution in [2.45, 2.75) is 51.2 Å². The molecule has 0 radical (unpaired) electrons. The lowest BCUT2D eigenvalue weighted by Crippen LogP contribution is -2.44. The van der Waals surface area contributed by atoms with Crippen molar-refractivity contribution in [1.82, 2.24) is 19.8 Å². The van der Waals surface area contributed by atoms with Crippen LogP contribution in [-0.2, 0) is 6.54 Å². The first kappa shape index (κ1) is 13.1. The molecule has 1 aromatic heterocycles. The van der Waals surface area contributed by atoms with Gasteiger partial charge in [0.2, 0.25) is 0 Å². The van der Waals surface area contributed by atoms with E-state index in [1.165, 1.54) is 37.9 Å². The van der Waals surface area contributed by atoms with Crippen molar-refractivity contribution in [3.8, 4) is 0 Å². The van der Waals surface area contributed by atoms with E-state index in [9.17, 15) is 0 Å². The van der Waals surface area contributed by atoms with Crippen molar-refractivity contribution >= 4 is 0 Å². The highest BCUT2D eigenvalue weighted by atomic mass is 15.2. The van der Waals surface area contributed by atoms with Crippen molar-refractivity contribution < 1.29 is 0 Å². The molecule has 0 spiro atoms. The molecule has 3 rings (SSSR count). The molecule has 2 unspecified atom stereocenters. The van der Waals surface area contributed by atoms with E-state index < -0.39 is 0 Å². The minimum atomic E-state index is 0.566. The molecule has 1 aromatic rings. The van der Waals surface area contributed by atoms with E-state index >= 15 is 0 Å². The van der Waals surface area contributed by atoms with Crippen LogP contribution in [0.5, 0.6) is 0 Å². The highest BCUT2D eigenvalue weighted by molar-refractivity contribution is 5.11. The second-order valence-electron chi connectivity index (χ2n) is 5.98. The second-order valence-corrected chi connectivity index (χ2v) is 5.98. The molecule has 1 aliphatic carbocycles. The molecule has 2 fully saturated rings. The Balaban J connectivity index is 1.89. The Kier molecular flexibility index (Phi) is 3.89. The molecule has 19 heavy (non-hydrogen) atoms. The van der Waals surface area contributed by atoms with Crippen LogP contribution in [0.15, 0.2) is 12.5 Å². The van der Waals surface area contributed by atoms with Gasteiger partial charge in [-0.3, -0.25) is 4.90 Å². The highest BCUT2D eigenvalue weighted by Gasteiger charge is 2.41. The number of aryl methyl sites for hydroxylation is 1. The summed E-state index contributed by atoms with van der Waals surface area (Å²) in [5.74, 6) is 0.723. The molecule has 0 amide bonds. The maximum Gasteiger partial charge on any atom is 0.0948 e. The Labute approximate surface area is 116 Å². The fraction of sp³-hybridized carbons (Fsp3) is 0.800. The van der Waals surface area contributed by atoms with Crippen molar-refractivity contribution in [2.24, 2.45) is 5.92 Å². The lowest BCUT2D eigenvalue weighted by molar-refractivity contribution is 0.0791. The molecule has 2 atom stereocenters. The normalized spacial score (nSPS) is 28.7. The lowest BCUT2D eigenvalue weighted by Gasteiger charge is -2.42. The first-order valence-electron chi connectivity index (χ1n) is 7.75. The zero-order chi connectivity index (χ0) is 13.2. The molecule has 0 bridgehead atoms. The second kappa shape index (κ2) is 5.63. The molecule has 0 aromatic carbocycles. The number of nitrogens with one attached hydrogen (secondary N) is 1. The third-order valence-corrected chi connectivity index (χ3v) is 4.67. The quantitative estimate of drug-likeness (QED) is 0.881. The number of hydrogen-bond donors (Lipinski definition) is 1. The fourth-order valence-electron chi connectivity index (χ4n) is 3.65. The summed E-state index contributed by atoms with van der Waals surface area (Å²) in [6.07, 6.45) is 9.55. The number of piperidine rings is 1. The van der Waals surface area contributed by atoms with Gasteiger partial charge in [0, 0.05) is 18.8 Å². The minimum absolute atomic E-state index is 0.566. The van der Waals surface area contributed by atoms with Gasteiger partial charge >= 0.3 is 0 Å². The van der Waals surface area contributed by atoms with Gasteiger partial charge in [-0.05, 0) is 58.7 Å². The number of likely N-dealkylation sites (tertiary alicyclic amines) is 1. The Morgan fingerprint density at radius 2 is 2.21 bits per heavy atom. The molecule has 2 heterocycles. The molecule has 1 aliphatic heterocycles. The van der Waals surface area contributed by atoms with Crippen LogP contribution in [-0.4, -0.2) is 40.6 Å². The SMILES string of the molecule is CCn1cncc1C1C(CNC)CCCN1C1CC1. The van der Waals surface area contributed by atoms with Gasteiger partial charge in [0.05, 0.1) is 18.1 Å². The van der Waals surface area contributed by atoms with Crippen molar-refractivity contribution in [2.75, 3.05) is 20.1 Å². The average Bonchev–Trinajstić information content (AvgIpc) is 3.17. The van der Waals surface area contributed by atoms with E-state index in [0.717, 1.165) is 25.0 Å². The Morgan fingerprint density at radius 1 is 1.37 bits per heavy atom. The van der Waals surface area contributed by atoms with Crippen LogP contribution in [0.1, 0.15) is 44.3 Å². The van der Waals surface area contributed by atoms with E-state index in [0.29, 0.717) is 6.04 Å². The summed E-state index contributed by atoms with van der Waals surface area (Å²) in [5, 5.41) is 3.39. The van der Waals surface area contributed by atoms with Crippen molar-refractivity contribution in [3.63, 3.8) is 0 Å². The average molecular weight is 262 g/mol. The van der Waals surface area contributed by atoms with Crippen LogP contribution in [0.3, 0.4) is 0 Å². The Morgan fingerprint density at radius 3 is 2.89 bits per heavy atom. The van der Waals surface area contributed by atoms with Crippen molar-refractivity contribution in [3.05, 3.63) is 18.2 Å². The molecular formula is C15H26N4. The van der Waals surface area contributed by atoms with Crippen LogP contribution in [0.25, 0.3) is 0 Å². The van der Waals surface area contributed by atoms with Crippen LogP contribution in [0, 0.1) is 5.92 Å². The summed E-state index contributed by atoms with van der Waals surface area (Å²) in [5.41, 5.74) is 1.43. The van der Waals surface area contributed by atoms with Gasteiger partial charge in [-0.1, -0.05) is 0 Å². The molecule has 4 nitrogen and oxygen atoms in total. The first-order valence-corrected chi connectivity index (χ1v) is 7.75. The largest absolute Gasteiger partial charge is 0.333 e. The summed E-state index contributed by atoms with van der Waals surface area (Å²) in [6.45, 7) is 5.62. The third-order valence-electron chi connectivity index (χ3n) is 4.67. The lowest BCUT2D eigenvalue weighted by atomic mass is 9.86. The maximum atomic E-state index is 4.39. The minimum Gasteiger partial charge on any atom is -0.333 e. The van der Waals surface area contributed by atoms with E-state index in [4.69, 9.17) is 0 Å². The van der Waals surface area contributed by atoms with Crippen LogP contribution < -0.4 is 5.32 Å². The zero-order valence-corrected chi connectivity index (χ0v) is 12.2. The summed E-state index contributed by atoms with van der Waals surface area (Å²) in [7, 11) is 2.07. The van der Waals surface area contributed by atoms with Gasteiger partial charge in [0.25, 0.3) is 0 Å². The van der Waals surface area contributed by atoms with E-state index in [-0.39, 0.29) is 0 Å². The van der Waals surface area contributed by atoms with Gasteiger partial charge in [0.1, 0.15) is 0 Å². The zero-order valence-electron chi connectivity index (χ0n) is 12.2. The number of nitrogens with zero attached hydrogens (tertiary/aromatic N) is 3. The van der Waals surface area contributed by atoms with Gasteiger partial charge in [0.15, 0.2) is 0 Å². The highest BCUT2D eigenvalue weighted by Crippen LogP contribution is 2.42. The molecule has 2 aliphatic rings. The van der Waals surface area contributed by atoms with Gasteiger partial charge in [-0.2, -0.15) is 0 Å². The number of rotatable bonds is 5. The third kappa shape index (κ3) is 2.56. The van der Waals surface area contributed by atoms with E-state index in [1.54, 1.807) is 0 Å². The number of aromatic nitrogens is 2. The van der Waals surface area contributed by atoms with E-state index in [2.05, 4.69) is 39.9 Å². The molecule has 1 saturated heterocycles. The molecule has 1 saturated carbocycles. The monoisotopic (exact) mass is 262 g/mol. The molecule has 106 valence electrons. The summed E-state index contributed by atoms with van der Waals surface area (Å²) >= 11 is 0. The predicted molar refractivity (Wildman–Crippen MR) is 77.0 cm³/mol. The number of hydrogen-bond acceptors (Lipinski definition) is 3. The summed E-state index contributed by atoms with van der Waals surface area (Å²) in [4.78, 5) is 7.15. The van der Waals surface area contributed by atoms with Gasteiger partial charge in [-0.25, -0.2) is 4.98 Å². The fourth-order valence-corrected chi connectivity index (χ4v) is 3.65. The summed E-state index contributed by atoms with van der Waals surface area (Å²) in [6, 6.07) is 1.40. The van der Waals surface area contributed by atoms with Crippen LogP contribution in [0.4, 0.5) is 0 Å². The van der Waals surface area contributed by atoms with Crippen LogP contribution in [0.2, 0.25) is 0 Å². The first-order chi connectivity index (χ1) is 9.35. The molecule has 4 heteroatoms. The van der Waals surface area contributed by atoms with E-state index in [1.807, 2.05) is 6.33 Å². The van der Waals surface area contributed by atoms with Crippen LogP contribution >= 0.6 is 0 Å². The predicted octanol–water partition coefficient (Wildman–Crippen LogP) is 2.04. The summed E-state index contributed by atoms with van der Waals surface area (Å²) < 4.78 is 2.33. The smallest absolute Gasteiger partial charge is 0.0948 e. The Hall–Kier alpha value is -0.870. The van der Waals surface area contributed by atoms with Gasteiger partial charge in [-0.15, -0.1) is 0 Å². The Bertz CT molecular complexity index is 408. The molecular weight excluding hydrogens is 236 g/mol. The maximum absolute atomic E-state index is 4.39. The van der Waals surface area contributed by atoms with Crippen molar-refractivity contribution in [1.29, 1.82) is 0 Å². The topological polar surface area (TPSA) is 33.1 Å².